The molecule has 1 N–H and O–H groups in total. The topological polar surface area (TPSA) is 35.8 Å². The minimum atomic E-state index is 0.403. The van der Waals surface area contributed by atoms with Gasteiger partial charge in [-0.05, 0) is 13.0 Å². The van der Waals surface area contributed by atoms with Crippen molar-refractivity contribution in [2.45, 2.75) is 32.7 Å². The summed E-state index contributed by atoms with van der Waals surface area (Å²) in [5, 5.41) is 11.5. The molecule has 0 aliphatic carbocycles. The van der Waals surface area contributed by atoms with Gasteiger partial charge in [-0.25, -0.2) is 0 Å². The number of nitrogens with zero attached hydrogens (tertiary/aromatic N) is 1. The Kier molecular flexibility index (Phi) is 5.24. The van der Waals surface area contributed by atoms with Crippen molar-refractivity contribution < 1.29 is 0 Å². The molecule has 2 nitrogen and oxygen atoms in total. The summed E-state index contributed by atoms with van der Waals surface area (Å²) < 4.78 is 0. The van der Waals surface area contributed by atoms with Crippen molar-refractivity contribution in [2.24, 2.45) is 0 Å². The summed E-state index contributed by atoms with van der Waals surface area (Å²) in [4.78, 5) is 0. The minimum Gasteiger partial charge on any atom is -0.313 e. The third-order valence-electron chi connectivity index (χ3n) is 1.32. The summed E-state index contributed by atoms with van der Waals surface area (Å²) in [6.45, 7) is 5.10. The SMILES string of the molecule is CCNC(CC)CC#N. The van der Waals surface area contributed by atoms with Gasteiger partial charge in [0, 0.05) is 6.04 Å². The van der Waals surface area contributed by atoms with Crippen molar-refractivity contribution in [1.29, 1.82) is 5.26 Å². The third kappa shape index (κ3) is 3.99. The number of hydrogen-bond donors (Lipinski definition) is 1. The van der Waals surface area contributed by atoms with E-state index >= 15 is 0 Å². The zero-order valence-corrected chi connectivity index (χ0v) is 6.15. The molecule has 0 saturated carbocycles. The number of rotatable bonds is 4. The van der Waals surface area contributed by atoms with Crippen LogP contribution in [0.15, 0.2) is 0 Å². The van der Waals surface area contributed by atoms with E-state index in [2.05, 4.69) is 25.2 Å². The first-order valence-corrected chi connectivity index (χ1v) is 3.45. The molecular weight excluding hydrogens is 112 g/mol. The smallest absolute Gasteiger partial charge is 0.0638 e. The normalized spacial score (nSPS) is 12.6. The van der Waals surface area contributed by atoms with E-state index in [9.17, 15) is 0 Å². The molecule has 0 fully saturated rings. The maximum Gasteiger partial charge on any atom is 0.0638 e. The average Bonchev–Trinajstić information content (AvgIpc) is 1.88. The first-order chi connectivity index (χ1) is 4.35. The van der Waals surface area contributed by atoms with Crippen molar-refractivity contribution in [3.63, 3.8) is 0 Å². The van der Waals surface area contributed by atoms with Crippen LogP contribution >= 0.6 is 0 Å². The Hall–Kier alpha value is -0.550. The van der Waals surface area contributed by atoms with Crippen molar-refractivity contribution in [3.8, 4) is 6.07 Å². The Bertz CT molecular complexity index is 93.6. The second-order valence-electron chi connectivity index (χ2n) is 2.03. The van der Waals surface area contributed by atoms with E-state index in [0.29, 0.717) is 12.5 Å². The van der Waals surface area contributed by atoms with Crippen LogP contribution in [-0.4, -0.2) is 12.6 Å². The Labute approximate surface area is 56.9 Å². The van der Waals surface area contributed by atoms with Crippen LogP contribution < -0.4 is 5.32 Å². The molecule has 1 unspecified atom stereocenters. The van der Waals surface area contributed by atoms with E-state index in [4.69, 9.17) is 5.26 Å². The van der Waals surface area contributed by atoms with Crippen LogP contribution in [0.3, 0.4) is 0 Å². The molecular formula is C7H14N2. The molecule has 0 aliphatic rings. The monoisotopic (exact) mass is 126 g/mol. The lowest BCUT2D eigenvalue weighted by Crippen LogP contribution is -2.27. The molecule has 1 atom stereocenters. The molecule has 0 aromatic rings. The van der Waals surface area contributed by atoms with E-state index in [1.54, 1.807) is 0 Å². The Morgan fingerprint density at radius 2 is 2.22 bits per heavy atom. The van der Waals surface area contributed by atoms with Crippen molar-refractivity contribution >= 4 is 0 Å². The van der Waals surface area contributed by atoms with Gasteiger partial charge in [0.2, 0.25) is 0 Å². The predicted molar refractivity (Wildman–Crippen MR) is 38.0 cm³/mol. The van der Waals surface area contributed by atoms with Gasteiger partial charge in [-0.2, -0.15) is 5.26 Å². The average molecular weight is 126 g/mol. The largest absolute Gasteiger partial charge is 0.313 e. The number of nitrogens with one attached hydrogen (secondary N) is 1. The molecule has 9 heavy (non-hydrogen) atoms. The zero-order valence-electron chi connectivity index (χ0n) is 6.15. The van der Waals surface area contributed by atoms with Crippen LogP contribution in [0.2, 0.25) is 0 Å². The Morgan fingerprint density at radius 1 is 1.56 bits per heavy atom. The van der Waals surface area contributed by atoms with Crippen LogP contribution in [0.4, 0.5) is 0 Å². The second-order valence-corrected chi connectivity index (χ2v) is 2.03. The predicted octanol–water partition coefficient (Wildman–Crippen LogP) is 1.29. The molecule has 2 heteroatoms. The molecule has 0 heterocycles. The summed E-state index contributed by atoms with van der Waals surface area (Å²) in [7, 11) is 0. The van der Waals surface area contributed by atoms with Crippen molar-refractivity contribution in [3.05, 3.63) is 0 Å². The van der Waals surface area contributed by atoms with Crippen molar-refractivity contribution in [1.82, 2.24) is 5.32 Å². The fourth-order valence-corrected chi connectivity index (χ4v) is 0.760. The van der Waals surface area contributed by atoms with Gasteiger partial charge in [0.1, 0.15) is 0 Å². The highest BCUT2D eigenvalue weighted by Crippen LogP contribution is 1.93. The van der Waals surface area contributed by atoms with Gasteiger partial charge in [0.25, 0.3) is 0 Å². The number of hydrogen-bond acceptors (Lipinski definition) is 2. The first kappa shape index (κ1) is 8.45. The molecule has 0 aromatic heterocycles. The lowest BCUT2D eigenvalue weighted by Gasteiger charge is -2.09. The van der Waals surface area contributed by atoms with Crippen LogP contribution in [0.1, 0.15) is 26.7 Å². The number of nitriles is 1. The van der Waals surface area contributed by atoms with E-state index in [-0.39, 0.29) is 0 Å². The van der Waals surface area contributed by atoms with Gasteiger partial charge in [-0.15, -0.1) is 0 Å². The fraction of sp³-hybridized carbons (Fsp3) is 0.857. The first-order valence-electron chi connectivity index (χ1n) is 3.45. The summed E-state index contributed by atoms with van der Waals surface area (Å²) >= 11 is 0. The van der Waals surface area contributed by atoms with Gasteiger partial charge >= 0.3 is 0 Å². The summed E-state index contributed by atoms with van der Waals surface area (Å²) in [5.41, 5.74) is 0. The maximum absolute atomic E-state index is 8.30. The highest BCUT2D eigenvalue weighted by Gasteiger charge is 2.00. The minimum absolute atomic E-state index is 0.403. The molecule has 0 spiro atoms. The van der Waals surface area contributed by atoms with Crippen LogP contribution in [-0.2, 0) is 0 Å². The third-order valence-corrected chi connectivity index (χ3v) is 1.32. The quantitative estimate of drug-likeness (QED) is 0.616. The lowest BCUT2D eigenvalue weighted by molar-refractivity contribution is 0.522. The van der Waals surface area contributed by atoms with Gasteiger partial charge in [-0.3, -0.25) is 0 Å². The summed E-state index contributed by atoms with van der Waals surface area (Å²) in [6, 6.07) is 2.54. The Balaban J connectivity index is 3.32. The van der Waals surface area contributed by atoms with E-state index in [0.717, 1.165) is 13.0 Å². The molecule has 0 radical (unpaired) electrons. The Morgan fingerprint density at radius 3 is 2.56 bits per heavy atom. The van der Waals surface area contributed by atoms with Crippen LogP contribution in [0, 0.1) is 11.3 Å². The lowest BCUT2D eigenvalue weighted by atomic mass is 10.2. The van der Waals surface area contributed by atoms with E-state index in [1.165, 1.54) is 0 Å². The molecule has 0 aliphatic heterocycles. The van der Waals surface area contributed by atoms with E-state index in [1.807, 2.05) is 0 Å². The van der Waals surface area contributed by atoms with E-state index < -0.39 is 0 Å². The molecule has 0 saturated heterocycles. The van der Waals surface area contributed by atoms with Crippen LogP contribution in [0.5, 0.6) is 0 Å². The molecule has 0 bridgehead atoms. The molecule has 52 valence electrons. The van der Waals surface area contributed by atoms with Crippen molar-refractivity contribution in [2.75, 3.05) is 6.54 Å². The molecule has 0 amide bonds. The summed E-state index contributed by atoms with van der Waals surface area (Å²) in [5.74, 6) is 0. The second kappa shape index (κ2) is 5.58. The van der Waals surface area contributed by atoms with Gasteiger partial charge in [0.15, 0.2) is 0 Å². The fourth-order valence-electron chi connectivity index (χ4n) is 0.760. The highest BCUT2D eigenvalue weighted by atomic mass is 14.9. The molecule has 0 aromatic carbocycles. The highest BCUT2D eigenvalue weighted by molar-refractivity contribution is 4.78. The van der Waals surface area contributed by atoms with Gasteiger partial charge in [-0.1, -0.05) is 13.8 Å². The van der Waals surface area contributed by atoms with Crippen LogP contribution in [0.25, 0.3) is 0 Å². The standard InChI is InChI=1S/C7H14N2/c1-3-7(5-6-8)9-4-2/h7,9H,3-5H2,1-2H3. The zero-order chi connectivity index (χ0) is 7.11. The molecule has 0 rings (SSSR count). The maximum atomic E-state index is 8.30. The summed E-state index contributed by atoms with van der Waals surface area (Å²) in [6.07, 6.45) is 1.67. The van der Waals surface area contributed by atoms with Gasteiger partial charge < -0.3 is 5.32 Å². The van der Waals surface area contributed by atoms with Gasteiger partial charge in [0.05, 0.1) is 12.5 Å².